The van der Waals surface area contributed by atoms with Gasteiger partial charge in [0.2, 0.25) is 5.91 Å². The maximum Gasteiger partial charge on any atom is 0.387 e. The number of amides is 1. The molecule has 0 radical (unpaired) electrons. The molecule has 10 heteroatoms. The van der Waals surface area contributed by atoms with E-state index >= 15 is 0 Å². The number of carbonyl (C=O) groups is 1. The summed E-state index contributed by atoms with van der Waals surface area (Å²) in [6.45, 7) is 2.13. The Labute approximate surface area is 174 Å². The van der Waals surface area contributed by atoms with Gasteiger partial charge in [0.25, 0.3) is 0 Å². The molecule has 4 rings (SSSR count). The smallest absolute Gasteiger partial charge is 0.387 e. The molecule has 3 heterocycles. The molecular formula is C20H28F2N6O2. The molecule has 0 atom stereocenters. The van der Waals surface area contributed by atoms with Crippen molar-refractivity contribution in [3.8, 4) is 5.75 Å². The topological polar surface area (TPSA) is 77.3 Å². The van der Waals surface area contributed by atoms with Crippen molar-refractivity contribution >= 4 is 11.6 Å². The molecule has 3 N–H and O–H groups in total. The predicted octanol–water partition coefficient (Wildman–Crippen LogP) is 0.979. The Morgan fingerprint density at radius 3 is 2.37 bits per heavy atom. The zero-order valence-corrected chi connectivity index (χ0v) is 16.8. The van der Waals surface area contributed by atoms with Crippen LogP contribution in [0.25, 0.3) is 0 Å². The van der Waals surface area contributed by atoms with Crippen molar-refractivity contribution in [3.63, 3.8) is 0 Å². The number of piperidine rings is 1. The number of rotatable bonds is 5. The maximum atomic E-state index is 12.9. The first-order valence-electron chi connectivity index (χ1n) is 10.2. The summed E-state index contributed by atoms with van der Waals surface area (Å²) < 4.78 is 29.0. The highest BCUT2D eigenvalue weighted by Gasteiger charge is 2.39. The van der Waals surface area contributed by atoms with E-state index in [4.69, 9.17) is 5.73 Å². The molecule has 1 amide bonds. The normalized spacial score (nSPS) is 22.1. The lowest BCUT2D eigenvalue weighted by atomic mass is 9.88. The first-order valence-corrected chi connectivity index (χ1v) is 10.2. The molecule has 0 unspecified atom stereocenters. The molecule has 2 fully saturated rings. The first kappa shape index (κ1) is 20.8. The lowest BCUT2D eigenvalue weighted by molar-refractivity contribution is -0.142. The number of nitrogens with zero attached hydrogens (tertiary/aromatic N) is 4. The number of hydrogen-bond acceptors (Lipinski definition) is 7. The van der Waals surface area contributed by atoms with E-state index in [2.05, 4.69) is 20.1 Å². The molecule has 8 nitrogen and oxygen atoms in total. The fraction of sp³-hybridized carbons (Fsp3) is 0.550. The second-order valence-electron chi connectivity index (χ2n) is 7.87. The van der Waals surface area contributed by atoms with E-state index in [1.807, 2.05) is 22.2 Å². The fourth-order valence-corrected chi connectivity index (χ4v) is 4.14. The second-order valence-corrected chi connectivity index (χ2v) is 7.87. The Morgan fingerprint density at radius 1 is 1.07 bits per heavy atom. The number of anilines is 1. The average molecular weight is 422 g/mol. The maximum absolute atomic E-state index is 12.9. The summed E-state index contributed by atoms with van der Waals surface area (Å²) in [5.74, 6) is 0.203. The number of alkyl halides is 2. The number of piperazine rings is 1. The zero-order valence-electron chi connectivity index (χ0n) is 16.8. The van der Waals surface area contributed by atoms with E-state index in [0.717, 1.165) is 31.9 Å². The zero-order chi connectivity index (χ0) is 21.1. The number of ether oxygens (including phenoxy) is 1. The summed E-state index contributed by atoms with van der Waals surface area (Å²) >= 11 is 0. The summed E-state index contributed by atoms with van der Waals surface area (Å²) in [6, 6.07) is 6.57. The van der Waals surface area contributed by atoms with Gasteiger partial charge in [-0.25, -0.2) is 5.01 Å². The molecule has 3 aliphatic rings. The minimum Gasteiger partial charge on any atom is -0.435 e. The molecule has 0 aromatic heterocycles. The summed E-state index contributed by atoms with van der Waals surface area (Å²) in [6.07, 6.45) is 5.29. The molecule has 0 saturated carbocycles. The van der Waals surface area contributed by atoms with Crippen molar-refractivity contribution in [2.45, 2.75) is 25.0 Å². The van der Waals surface area contributed by atoms with Crippen LogP contribution in [0.3, 0.4) is 0 Å². The van der Waals surface area contributed by atoms with Crippen LogP contribution < -0.4 is 20.7 Å². The van der Waals surface area contributed by atoms with Gasteiger partial charge < -0.3 is 25.6 Å². The van der Waals surface area contributed by atoms with Gasteiger partial charge >= 0.3 is 6.61 Å². The fourth-order valence-electron chi connectivity index (χ4n) is 4.14. The number of carbonyl (C=O) groups excluding carboxylic acids is 1. The second kappa shape index (κ2) is 8.75. The van der Waals surface area contributed by atoms with Crippen LogP contribution in [0.4, 0.5) is 14.5 Å². The van der Waals surface area contributed by atoms with Crippen LogP contribution in [-0.2, 0) is 4.79 Å². The molecule has 0 spiro atoms. The lowest BCUT2D eigenvalue weighted by Crippen LogP contribution is -2.63. The van der Waals surface area contributed by atoms with E-state index in [9.17, 15) is 13.6 Å². The Balaban J connectivity index is 1.28. The summed E-state index contributed by atoms with van der Waals surface area (Å²) in [5, 5.41) is 7.57. The van der Waals surface area contributed by atoms with Crippen LogP contribution in [-0.4, -0.2) is 78.9 Å². The van der Waals surface area contributed by atoms with Crippen LogP contribution in [0.2, 0.25) is 0 Å². The highest BCUT2D eigenvalue weighted by Crippen LogP contribution is 2.25. The molecule has 3 aliphatic heterocycles. The third-order valence-electron chi connectivity index (χ3n) is 5.94. The molecule has 164 valence electrons. The first-order chi connectivity index (χ1) is 14.4. The minimum absolute atomic E-state index is 0.0633. The van der Waals surface area contributed by atoms with Crippen LogP contribution in [0.15, 0.2) is 36.7 Å². The Morgan fingerprint density at radius 2 is 1.73 bits per heavy atom. The van der Waals surface area contributed by atoms with Gasteiger partial charge in [0.15, 0.2) is 0 Å². The van der Waals surface area contributed by atoms with Crippen LogP contribution in [0.1, 0.15) is 12.8 Å². The summed E-state index contributed by atoms with van der Waals surface area (Å²) in [7, 11) is 0. The van der Waals surface area contributed by atoms with Crippen LogP contribution in [0.5, 0.6) is 5.75 Å². The standard InChI is InChI=1S/C20H28F2N6O2/c21-19(22)30-17-3-1-16(2-4-17)26-11-14-28(15-26)27-12-9-25(10-13-27)18(29)20(23)5-7-24-8-6-20/h1-4,11,14,19,24H,5-10,12-13,15,23H2. The highest BCUT2D eigenvalue weighted by atomic mass is 19.3. The highest BCUT2D eigenvalue weighted by molar-refractivity contribution is 5.86. The molecule has 0 aliphatic carbocycles. The number of nitrogens with two attached hydrogens (primary N) is 1. The lowest BCUT2D eigenvalue weighted by Gasteiger charge is -2.43. The third-order valence-corrected chi connectivity index (χ3v) is 5.94. The number of hydrogen-bond donors (Lipinski definition) is 2. The number of halogens is 2. The summed E-state index contributed by atoms with van der Waals surface area (Å²) in [5.41, 5.74) is 6.54. The molecule has 30 heavy (non-hydrogen) atoms. The molecule has 2 saturated heterocycles. The largest absolute Gasteiger partial charge is 0.435 e. The number of hydrazine groups is 1. The van der Waals surface area contributed by atoms with Crippen molar-refractivity contribution in [3.05, 3.63) is 36.7 Å². The van der Waals surface area contributed by atoms with Crippen molar-refractivity contribution in [1.29, 1.82) is 0 Å². The molecular weight excluding hydrogens is 394 g/mol. The van der Waals surface area contributed by atoms with Crippen molar-refractivity contribution in [2.75, 3.05) is 50.8 Å². The molecule has 1 aromatic rings. The van der Waals surface area contributed by atoms with Gasteiger partial charge in [0.05, 0.1) is 5.54 Å². The Bertz CT molecular complexity index is 761. The average Bonchev–Trinajstić information content (AvgIpc) is 3.24. The van der Waals surface area contributed by atoms with Crippen molar-refractivity contribution < 1.29 is 18.3 Å². The quantitative estimate of drug-likeness (QED) is 0.733. The van der Waals surface area contributed by atoms with Crippen LogP contribution >= 0.6 is 0 Å². The number of nitrogens with one attached hydrogen (secondary N) is 1. The van der Waals surface area contributed by atoms with Gasteiger partial charge in [-0.15, -0.1) is 0 Å². The SMILES string of the molecule is NC1(C(=O)N2CCN(N3C=CN(c4ccc(OC(F)F)cc4)C3)CC2)CCNCC1. The van der Waals surface area contributed by atoms with Crippen molar-refractivity contribution in [1.82, 2.24) is 20.2 Å². The van der Waals surface area contributed by atoms with E-state index in [1.54, 1.807) is 12.1 Å². The third kappa shape index (κ3) is 4.50. The van der Waals surface area contributed by atoms with E-state index in [1.165, 1.54) is 12.1 Å². The molecule has 0 bridgehead atoms. The predicted molar refractivity (Wildman–Crippen MR) is 109 cm³/mol. The van der Waals surface area contributed by atoms with Gasteiger partial charge in [0.1, 0.15) is 12.4 Å². The summed E-state index contributed by atoms with van der Waals surface area (Å²) in [4.78, 5) is 16.8. The monoisotopic (exact) mass is 422 g/mol. The van der Waals surface area contributed by atoms with E-state index in [0.29, 0.717) is 32.6 Å². The van der Waals surface area contributed by atoms with E-state index in [-0.39, 0.29) is 11.7 Å². The van der Waals surface area contributed by atoms with E-state index < -0.39 is 12.2 Å². The van der Waals surface area contributed by atoms with Gasteiger partial charge in [0, 0.05) is 44.3 Å². The van der Waals surface area contributed by atoms with Gasteiger partial charge in [-0.3, -0.25) is 9.80 Å². The van der Waals surface area contributed by atoms with Gasteiger partial charge in [-0.1, -0.05) is 0 Å². The van der Waals surface area contributed by atoms with Gasteiger partial charge in [-0.05, 0) is 50.2 Å². The Hall–Kier alpha value is -2.43. The minimum atomic E-state index is -2.83. The van der Waals surface area contributed by atoms with Crippen molar-refractivity contribution in [2.24, 2.45) is 5.73 Å². The molecule has 1 aromatic carbocycles. The van der Waals surface area contributed by atoms with Crippen LogP contribution in [0, 0.1) is 0 Å². The van der Waals surface area contributed by atoms with Gasteiger partial charge in [-0.2, -0.15) is 8.78 Å². The Kier molecular flexibility index (Phi) is 6.07. The number of benzene rings is 1.